The molecule has 0 N–H and O–H groups in total. The molecule has 1 aromatic carbocycles. The van der Waals surface area contributed by atoms with Crippen LogP contribution in [0.3, 0.4) is 0 Å². The van der Waals surface area contributed by atoms with Crippen LogP contribution in [0.5, 0.6) is 0 Å². The summed E-state index contributed by atoms with van der Waals surface area (Å²) in [5.41, 5.74) is 1.63. The summed E-state index contributed by atoms with van der Waals surface area (Å²) in [5.74, 6) is 0. The molecule has 0 unspecified atom stereocenters. The van der Waals surface area contributed by atoms with Crippen molar-refractivity contribution in [2.75, 3.05) is 32.1 Å². The van der Waals surface area contributed by atoms with Gasteiger partial charge in [0.2, 0.25) is 0 Å². The molecular formula is C14H18ClN3. The van der Waals surface area contributed by atoms with E-state index in [2.05, 4.69) is 30.0 Å². The van der Waals surface area contributed by atoms with Gasteiger partial charge < -0.3 is 9.80 Å². The zero-order valence-electron chi connectivity index (χ0n) is 10.9. The van der Waals surface area contributed by atoms with Crippen LogP contribution in [0, 0.1) is 11.3 Å². The van der Waals surface area contributed by atoms with Gasteiger partial charge in [-0.05, 0) is 51.2 Å². The fourth-order valence-corrected chi connectivity index (χ4v) is 2.62. The maximum atomic E-state index is 8.87. The molecule has 0 saturated carbocycles. The Morgan fingerprint density at radius 1 is 1.39 bits per heavy atom. The summed E-state index contributed by atoms with van der Waals surface area (Å²) in [5, 5.41) is 9.41. The average Bonchev–Trinajstić information content (AvgIpc) is 2.38. The average molecular weight is 264 g/mol. The molecule has 0 spiro atoms. The Bertz CT molecular complexity index is 459. The lowest BCUT2D eigenvalue weighted by Gasteiger charge is -2.36. The highest BCUT2D eigenvalue weighted by Gasteiger charge is 2.21. The van der Waals surface area contributed by atoms with Crippen molar-refractivity contribution in [3.63, 3.8) is 0 Å². The lowest BCUT2D eigenvalue weighted by atomic mass is 10.0. The molecule has 3 nitrogen and oxygen atoms in total. The predicted molar refractivity (Wildman–Crippen MR) is 75.1 cm³/mol. The minimum atomic E-state index is 0.537. The van der Waals surface area contributed by atoms with E-state index in [1.165, 1.54) is 12.8 Å². The van der Waals surface area contributed by atoms with Crippen LogP contribution >= 0.6 is 11.6 Å². The smallest absolute Gasteiger partial charge is 0.101 e. The zero-order valence-corrected chi connectivity index (χ0v) is 11.6. The topological polar surface area (TPSA) is 30.3 Å². The van der Waals surface area contributed by atoms with Gasteiger partial charge in [0.15, 0.2) is 0 Å². The van der Waals surface area contributed by atoms with Gasteiger partial charge in [-0.2, -0.15) is 5.26 Å². The number of likely N-dealkylation sites (tertiary alicyclic amines) is 1. The highest BCUT2D eigenvalue weighted by Crippen LogP contribution is 2.26. The van der Waals surface area contributed by atoms with Crippen LogP contribution in [0.15, 0.2) is 18.2 Å². The third-order valence-corrected chi connectivity index (χ3v) is 4.03. The summed E-state index contributed by atoms with van der Waals surface area (Å²) in [6.45, 7) is 2.28. The number of halogens is 1. The van der Waals surface area contributed by atoms with E-state index in [4.69, 9.17) is 16.9 Å². The van der Waals surface area contributed by atoms with E-state index < -0.39 is 0 Å². The summed E-state index contributed by atoms with van der Waals surface area (Å²) in [6, 6.07) is 8.31. The van der Waals surface area contributed by atoms with Gasteiger partial charge in [-0.3, -0.25) is 0 Å². The monoisotopic (exact) mass is 263 g/mol. The van der Waals surface area contributed by atoms with Crippen molar-refractivity contribution in [3.8, 4) is 6.07 Å². The second-order valence-corrected chi connectivity index (χ2v) is 5.33. The highest BCUT2D eigenvalue weighted by molar-refractivity contribution is 6.32. The van der Waals surface area contributed by atoms with Gasteiger partial charge in [-0.1, -0.05) is 11.6 Å². The Kier molecular flexibility index (Phi) is 4.11. The summed E-state index contributed by atoms with van der Waals surface area (Å²) >= 11 is 6.08. The fraction of sp³-hybridized carbons (Fsp3) is 0.500. The Morgan fingerprint density at radius 3 is 2.61 bits per heavy atom. The van der Waals surface area contributed by atoms with Crippen LogP contribution in [0.4, 0.5) is 5.69 Å². The van der Waals surface area contributed by atoms with Gasteiger partial charge in [0.05, 0.1) is 10.6 Å². The van der Waals surface area contributed by atoms with E-state index in [-0.39, 0.29) is 0 Å². The number of hydrogen-bond donors (Lipinski definition) is 0. The van der Waals surface area contributed by atoms with E-state index in [0.29, 0.717) is 16.6 Å². The number of rotatable bonds is 2. The van der Waals surface area contributed by atoms with E-state index in [0.717, 1.165) is 18.8 Å². The molecule has 0 atom stereocenters. The third kappa shape index (κ3) is 2.77. The maximum absolute atomic E-state index is 8.87. The van der Waals surface area contributed by atoms with Crippen molar-refractivity contribution in [3.05, 3.63) is 28.8 Å². The molecule has 1 aliphatic rings. The van der Waals surface area contributed by atoms with E-state index in [1.807, 2.05) is 12.1 Å². The van der Waals surface area contributed by atoms with E-state index in [1.54, 1.807) is 6.07 Å². The zero-order chi connectivity index (χ0) is 13.1. The number of anilines is 1. The van der Waals surface area contributed by atoms with E-state index >= 15 is 0 Å². The number of hydrogen-bond acceptors (Lipinski definition) is 3. The van der Waals surface area contributed by atoms with Crippen LogP contribution in [0.2, 0.25) is 5.02 Å². The first kappa shape index (κ1) is 13.2. The molecule has 1 aromatic rings. The van der Waals surface area contributed by atoms with Crippen molar-refractivity contribution in [2.24, 2.45) is 0 Å². The summed E-state index contributed by atoms with van der Waals surface area (Å²) in [7, 11) is 4.27. The molecule has 1 aliphatic heterocycles. The van der Waals surface area contributed by atoms with Crippen LogP contribution in [0.25, 0.3) is 0 Å². The first-order valence-corrected chi connectivity index (χ1v) is 6.60. The lowest BCUT2D eigenvalue weighted by molar-refractivity contribution is 0.253. The second kappa shape index (κ2) is 5.60. The molecule has 1 saturated heterocycles. The maximum Gasteiger partial charge on any atom is 0.101 e. The minimum absolute atomic E-state index is 0.537. The Morgan fingerprint density at radius 2 is 2.06 bits per heavy atom. The number of benzene rings is 1. The molecule has 0 bridgehead atoms. The first-order valence-electron chi connectivity index (χ1n) is 6.23. The summed E-state index contributed by atoms with van der Waals surface area (Å²) < 4.78 is 0. The normalized spacial score (nSPS) is 17.4. The highest BCUT2D eigenvalue weighted by atomic mass is 35.5. The van der Waals surface area contributed by atoms with Gasteiger partial charge in [-0.25, -0.2) is 0 Å². The molecule has 1 fully saturated rings. The summed E-state index contributed by atoms with van der Waals surface area (Å²) in [4.78, 5) is 4.64. The lowest BCUT2D eigenvalue weighted by Crippen LogP contribution is -2.41. The minimum Gasteiger partial charge on any atom is -0.371 e. The molecular weight excluding hydrogens is 246 g/mol. The Labute approximate surface area is 114 Å². The van der Waals surface area contributed by atoms with Gasteiger partial charge in [0.25, 0.3) is 0 Å². The molecule has 4 heteroatoms. The third-order valence-electron chi connectivity index (χ3n) is 3.72. The van der Waals surface area contributed by atoms with Crippen LogP contribution in [-0.4, -0.2) is 38.1 Å². The van der Waals surface area contributed by atoms with Crippen molar-refractivity contribution in [1.29, 1.82) is 5.26 Å². The van der Waals surface area contributed by atoms with Crippen molar-refractivity contribution in [2.45, 2.75) is 18.9 Å². The number of nitrogens with zero attached hydrogens (tertiary/aromatic N) is 3. The molecule has 96 valence electrons. The van der Waals surface area contributed by atoms with Gasteiger partial charge >= 0.3 is 0 Å². The molecule has 0 aliphatic carbocycles. The molecule has 0 amide bonds. The number of piperidine rings is 1. The molecule has 18 heavy (non-hydrogen) atoms. The fourth-order valence-electron chi connectivity index (χ4n) is 2.41. The SMILES string of the molecule is CN1CCC(N(C)c2ccc(C#N)c(Cl)c2)CC1. The molecule has 2 rings (SSSR count). The molecule has 1 heterocycles. The quantitative estimate of drug-likeness (QED) is 0.822. The van der Waals surface area contributed by atoms with Gasteiger partial charge in [-0.15, -0.1) is 0 Å². The molecule has 0 aromatic heterocycles. The largest absolute Gasteiger partial charge is 0.371 e. The molecule has 0 radical (unpaired) electrons. The van der Waals surface area contributed by atoms with Gasteiger partial charge in [0.1, 0.15) is 6.07 Å². The Hall–Kier alpha value is -1.24. The van der Waals surface area contributed by atoms with Crippen LogP contribution < -0.4 is 4.90 Å². The Balaban J connectivity index is 2.11. The first-order chi connectivity index (χ1) is 8.61. The summed E-state index contributed by atoms with van der Waals surface area (Å²) in [6.07, 6.45) is 2.34. The van der Waals surface area contributed by atoms with Crippen LogP contribution in [-0.2, 0) is 0 Å². The van der Waals surface area contributed by atoms with Crippen molar-refractivity contribution < 1.29 is 0 Å². The standard InChI is InChI=1S/C14H18ClN3/c1-17-7-5-12(6-8-17)18(2)13-4-3-11(10-16)14(15)9-13/h3-4,9,12H,5-8H2,1-2H3. The van der Waals surface area contributed by atoms with Crippen molar-refractivity contribution in [1.82, 2.24) is 4.90 Å². The van der Waals surface area contributed by atoms with Crippen LogP contribution in [0.1, 0.15) is 18.4 Å². The predicted octanol–water partition coefficient (Wildman–Crippen LogP) is 2.74. The van der Waals surface area contributed by atoms with Crippen molar-refractivity contribution >= 4 is 17.3 Å². The second-order valence-electron chi connectivity index (χ2n) is 4.92. The van der Waals surface area contributed by atoms with Gasteiger partial charge in [0, 0.05) is 18.8 Å². The van der Waals surface area contributed by atoms with E-state index in [9.17, 15) is 0 Å². The number of nitriles is 1.